The van der Waals surface area contributed by atoms with Gasteiger partial charge in [-0.25, -0.2) is 0 Å². The highest BCUT2D eigenvalue weighted by Gasteiger charge is 2.39. The largest absolute Gasteiger partial charge is 0.548 e. The van der Waals surface area contributed by atoms with Crippen LogP contribution in [0.1, 0.15) is 91.9 Å². The van der Waals surface area contributed by atoms with Gasteiger partial charge in [-0.15, -0.1) is 0 Å². The maximum atomic E-state index is 9.85. The standard InChI is InChI=1S/C16H36N.C4H7NO2/c1-5-9-13-17(14-10-6-2,15-11-7-3)16-12-8-4;5-4(1-2-4)3(6)7/h5-16H2,1-4H3;1-2,5H2,(H,6,7)/q+1;/p-1. The first-order valence-electron chi connectivity index (χ1n) is 10.2. The van der Waals surface area contributed by atoms with Gasteiger partial charge >= 0.3 is 0 Å². The van der Waals surface area contributed by atoms with Crippen molar-refractivity contribution in [3.8, 4) is 0 Å². The summed E-state index contributed by atoms with van der Waals surface area (Å²) in [5.74, 6) is -1.12. The zero-order valence-corrected chi connectivity index (χ0v) is 16.7. The minimum Gasteiger partial charge on any atom is -0.548 e. The van der Waals surface area contributed by atoms with Gasteiger partial charge in [0.05, 0.1) is 37.7 Å². The molecule has 4 heteroatoms. The predicted octanol–water partition coefficient (Wildman–Crippen LogP) is 3.23. The molecule has 24 heavy (non-hydrogen) atoms. The van der Waals surface area contributed by atoms with Gasteiger partial charge in [0.25, 0.3) is 0 Å². The van der Waals surface area contributed by atoms with E-state index in [0.717, 1.165) is 0 Å². The smallest absolute Gasteiger partial charge is 0.0786 e. The molecule has 1 saturated carbocycles. The van der Waals surface area contributed by atoms with Gasteiger partial charge in [0.15, 0.2) is 0 Å². The summed E-state index contributed by atoms with van der Waals surface area (Å²) in [5.41, 5.74) is 4.18. The van der Waals surface area contributed by atoms with Crippen LogP contribution in [-0.2, 0) is 4.79 Å². The fourth-order valence-corrected chi connectivity index (χ4v) is 2.98. The molecule has 2 N–H and O–H groups in total. The van der Waals surface area contributed by atoms with Crippen molar-refractivity contribution in [2.75, 3.05) is 26.2 Å². The molecule has 0 saturated heterocycles. The first-order valence-corrected chi connectivity index (χ1v) is 10.2. The molecule has 4 nitrogen and oxygen atoms in total. The minimum atomic E-state index is -1.12. The van der Waals surface area contributed by atoms with Gasteiger partial charge in [0.2, 0.25) is 0 Å². The second-order valence-corrected chi connectivity index (χ2v) is 7.59. The number of unbranched alkanes of at least 4 members (excludes halogenated alkanes) is 4. The lowest BCUT2D eigenvalue weighted by Crippen LogP contribution is -2.50. The molecule has 1 aliphatic rings. The monoisotopic (exact) mass is 342 g/mol. The van der Waals surface area contributed by atoms with Gasteiger partial charge in [-0.3, -0.25) is 0 Å². The SMILES string of the molecule is CCCC[N+](CCCC)(CCCC)CCCC.NC1(C(=O)[O-])CC1. The van der Waals surface area contributed by atoms with E-state index < -0.39 is 11.5 Å². The Bertz CT molecular complexity index is 290. The number of aliphatic carboxylic acids is 1. The number of quaternary nitrogens is 1. The van der Waals surface area contributed by atoms with Gasteiger partial charge in [-0.05, 0) is 38.5 Å². The summed E-state index contributed by atoms with van der Waals surface area (Å²) < 4.78 is 1.42. The van der Waals surface area contributed by atoms with Crippen molar-refractivity contribution >= 4 is 5.97 Å². The zero-order valence-electron chi connectivity index (χ0n) is 16.7. The summed E-state index contributed by atoms with van der Waals surface area (Å²) in [6.07, 6.45) is 12.2. The van der Waals surface area contributed by atoms with Crippen LogP contribution in [0.4, 0.5) is 0 Å². The van der Waals surface area contributed by atoms with Crippen molar-refractivity contribution in [1.29, 1.82) is 0 Å². The molecule has 144 valence electrons. The van der Waals surface area contributed by atoms with Crippen molar-refractivity contribution in [1.82, 2.24) is 0 Å². The average molecular weight is 343 g/mol. The van der Waals surface area contributed by atoms with Gasteiger partial charge in [0, 0.05) is 0 Å². The summed E-state index contributed by atoms with van der Waals surface area (Å²) in [6, 6.07) is 0. The van der Waals surface area contributed by atoms with Crippen LogP contribution >= 0.6 is 0 Å². The second-order valence-electron chi connectivity index (χ2n) is 7.59. The van der Waals surface area contributed by atoms with E-state index in [2.05, 4.69) is 27.7 Å². The zero-order chi connectivity index (χ0) is 18.5. The summed E-state index contributed by atoms with van der Waals surface area (Å²) in [7, 11) is 0. The van der Waals surface area contributed by atoms with Crippen LogP contribution in [0.15, 0.2) is 0 Å². The minimum absolute atomic E-state index is 0.579. The van der Waals surface area contributed by atoms with Crippen LogP contribution in [0.3, 0.4) is 0 Å². The number of carboxylic acid groups (broad SMARTS) is 1. The quantitative estimate of drug-likeness (QED) is 0.523. The average Bonchev–Trinajstić information content (AvgIpc) is 3.33. The van der Waals surface area contributed by atoms with E-state index in [1.165, 1.54) is 82.0 Å². The van der Waals surface area contributed by atoms with E-state index in [9.17, 15) is 9.90 Å². The first kappa shape index (κ1) is 23.4. The van der Waals surface area contributed by atoms with Gasteiger partial charge in [-0.1, -0.05) is 53.4 Å². The molecule has 1 aliphatic carbocycles. The molecule has 1 fully saturated rings. The van der Waals surface area contributed by atoms with E-state index in [-0.39, 0.29) is 0 Å². The lowest BCUT2D eigenvalue weighted by atomic mass is 10.1. The highest BCUT2D eigenvalue weighted by molar-refractivity contribution is 5.79. The van der Waals surface area contributed by atoms with Crippen LogP contribution in [-0.4, -0.2) is 42.2 Å². The van der Waals surface area contributed by atoms with Crippen molar-refractivity contribution in [2.24, 2.45) is 5.73 Å². The molecule has 0 radical (unpaired) electrons. The highest BCUT2D eigenvalue weighted by atomic mass is 16.4. The third-order valence-corrected chi connectivity index (χ3v) is 5.14. The molecule has 0 spiro atoms. The van der Waals surface area contributed by atoms with Crippen molar-refractivity contribution in [2.45, 2.75) is 97.4 Å². The fourth-order valence-electron chi connectivity index (χ4n) is 2.98. The summed E-state index contributed by atoms with van der Waals surface area (Å²) in [5, 5.41) is 9.85. The van der Waals surface area contributed by atoms with E-state index in [1.807, 2.05) is 0 Å². The molecular formula is C20H42N2O2. The Morgan fingerprint density at radius 1 is 0.833 bits per heavy atom. The normalized spacial score (nSPS) is 15.5. The Morgan fingerprint density at radius 2 is 1.12 bits per heavy atom. The number of carbonyl (C=O) groups excluding carboxylic acids is 1. The third kappa shape index (κ3) is 9.63. The van der Waals surface area contributed by atoms with E-state index in [0.29, 0.717) is 12.8 Å². The molecule has 0 aromatic rings. The molecular weight excluding hydrogens is 300 g/mol. The van der Waals surface area contributed by atoms with E-state index >= 15 is 0 Å². The molecule has 0 atom stereocenters. The van der Waals surface area contributed by atoms with E-state index in [4.69, 9.17) is 5.73 Å². The number of carbonyl (C=O) groups is 1. The number of hydrogen-bond acceptors (Lipinski definition) is 3. The lowest BCUT2D eigenvalue weighted by Gasteiger charge is -2.39. The van der Waals surface area contributed by atoms with Crippen LogP contribution in [0.5, 0.6) is 0 Å². The number of rotatable bonds is 13. The predicted molar refractivity (Wildman–Crippen MR) is 101 cm³/mol. The Hall–Kier alpha value is -0.610. The van der Waals surface area contributed by atoms with Crippen molar-refractivity contribution < 1.29 is 14.4 Å². The number of hydrogen-bond donors (Lipinski definition) is 1. The van der Waals surface area contributed by atoms with Gasteiger partial charge in [0.1, 0.15) is 0 Å². The lowest BCUT2D eigenvalue weighted by molar-refractivity contribution is -0.929. The maximum Gasteiger partial charge on any atom is 0.0786 e. The number of nitrogens with zero attached hydrogens (tertiary/aromatic N) is 1. The molecule has 0 aromatic carbocycles. The Morgan fingerprint density at radius 3 is 1.25 bits per heavy atom. The molecule has 0 aromatic heterocycles. The molecule has 0 unspecified atom stereocenters. The Labute approximate surface area is 150 Å². The maximum absolute atomic E-state index is 9.85. The molecule has 1 rings (SSSR count). The summed E-state index contributed by atoms with van der Waals surface area (Å²) >= 11 is 0. The van der Waals surface area contributed by atoms with Crippen LogP contribution < -0.4 is 10.8 Å². The van der Waals surface area contributed by atoms with Crippen LogP contribution in [0.25, 0.3) is 0 Å². The van der Waals surface area contributed by atoms with Gasteiger partial charge < -0.3 is 20.1 Å². The topological polar surface area (TPSA) is 66.2 Å². The van der Waals surface area contributed by atoms with Gasteiger partial charge in [-0.2, -0.15) is 0 Å². The highest BCUT2D eigenvalue weighted by Crippen LogP contribution is 2.30. The molecule has 0 heterocycles. The summed E-state index contributed by atoms with van der Waals surface area (Å²) in [6.45, 7) is 15.0. The Kier molecular flexibility index (Phi) is 12.4. The number of nitrogens with two attached hydrogens (primary N) is 1. The molecule has 0 amide bonds. The summed E-state index contributed by atoms with van der Waals surface area (Å²) in [4.78, 5) is 9.85. The van der Waals surface area contributed by atoms with Crippen molar-refractivity contribution in [3.05, 3.63) is 0 Å². The van der Waals surface area contributed by atoms with Crippen molar-refractivity contribution in [3.63, 3.8) is 0 Å². The van der Waals surface area contributed by atoms with E-state index in [1.54, 1.807) is 0 Å². The molecule has 0 bridgehead atoms. The van der Waals surface area contributed by atoms with Crippen LogP contribution in [0, 0.1) is 0 Å². The number of carboxylic acids is 1. The third-order valence-electron chi connectivity index (χ3n) is 5.14. The van der Waals surface area contributed by atoms with Crippen LogP contribution in [0.2, 0.25) is 0 Å². The fraction of sp³-hybridized carbons (Fsp3) is 0.950. The first-order chi connectivity index (χ1) is 11.4. The second kappa shape index (κ2) is 12.7. The Balaban J connectivity index is 0.000000620. The molecule has 0 aliphatic heterocycles.